The number of methoxy groups -OCH3 is 1. The van der Waals surface area contributed by atoms with Crippen LogP contribution in [0.2, 0.25) is 5.02 Å². The van der Waals surface area contributed by atoms with Crippen LogP contribution in [0.3, 0.4) is 0 Å². The molecule has 130 valence electrons. The Labute approximate surface area is 147 Å². The Hall–Kier alpha value is -1.59. The van der Waals surface area contributed by atoms with Crippen molar-refractivity contribution in [3.63, 3.8) is 0 Å². The number of aromatic nitrogens is 2. The first kappa shape index (κ1) is 17.2. The highest BCUT2D eigenvalue weighted by molar-refractivity contribution is 6.35. The van der Waals surface area contributed by atoms with Crippen molar-refractivity contribution in [2.24, 2.45) is 0 Å². The lowest BCUT2D eigenvalue weighted by Gasteiger charge is -2.25. The largest absolute Gasteiger partial charge is 0.385 e. The topological polar surface area (TPSA) is 47.4 Å². The molecule has 1 aromatic heterocycles. The van der Waals surface area contributed by atoms with Gasteiger partial charge in [-0.1, -0.05) is 11.6 Å². The van der Waals surface area contributed by atoms with Crippen molar-refractivity contribution in [3.05, 3.63) is 28.4 Å². The monoisotopic (exact) mass is 349 g/mol. The van der Waals surface area contributed by atoms with Gasteiger partial charge in [0, 0.05) is 31.7 Å². The van der Waals surface area contributed by atoms with Gasteiger partial charge in [-0.15, -0.1) is 0 Å². The fraction of sp³-hybridized carbons (Fsp3) is 0.556. The molecule has 1 aromatic carbocycles. The van der Waals surface area contributed by atoms with Gasteiger partial charge >= 0.3 is 0 Å². The lowest BCUT2D eigenvalue weighted by Crippen LogP contribution is -2.27. The Morgan fingerprint density at radius 1 is 1.50 bits per heavy atom. The van der Waals surface area contributed by atoms with E-state index >= 15 is 0 Å². The van der Waals surface area contributed by atoms with Crippen LogP contribution in [0, 0.1) is 6.92 Å². The average Bonchev–Trinajstić information content (AvgIpc) is 3.33. The van der Waals surface area contributed by atoms with Crippen molar-refractivity contribution < 1.29 is 9.53 Å². The first-order chi connectivity index (χ1) is 11.6. The van der Waals surface area contributed by atoms with Crippen LogP contribution in [-0.2, 0) is 16.1 Å². The number of benzene rings is 1. The van der Waals surface area contributed by atoms with Crippen LogP contribution in [0.4, 0.5) is 0 Å². The number of rotatable bonds is 8. The van der Waals surface area contributed by atoms with Gasteiger partial charge in [-0.2, -0.15) is 5.10 Å². The van der Waals surface area contributed by atoms with Gasteiger partial charge < -0.3 is 9.64 Å². The van der Waals surface area contributed by atoms with Crippen LogP contribution in [-0.4, -0.2) is 40.8 Å². The molecule has 3 rings (SSSR count). The SMILES string of the molecule is COCCCn1nc(C)c2c(Cl)cc(C(C)N(C=O)C3CC3)cc21. The molecule has 1 aliphatic rings. The summed E-state index contributed by atoms with van der Waals surface area (Å²) in [5.41, 5.74) is 3.01. The Kier molecular flexibility index (Phi) is 5.11. The standard InChI is InChI=1S/C18H24ClN3O2/c1-12-18-16(19)9-14(13(2)21(11-23)15-5-6-15)10-17(18)22(20-12)7-4-8-24-3/h9-11,13,15H,4-8H2,1-3H3. The van der Waals surface area contributed by atoms with E-state index in [9.17, 15) is 4.79 Å². The molecule has 0 bridgehead atoms. The van der Waals surface area contributed by atoms with Crippen LogP contribution in [0.1, 0.15) is 43.5 Å². The Morgan fingerprint density at radius 2 is 2.25 bits per heavy atom. The molecule has 1 unspecified atom stereocenters. The normalized spacial score (nSPS) is 15.7. The highest BCUT2D eigenvalue weighted by Crippen LogP contribution is 2.36. The summed E-state index contributed by atoms with van der Waals surface area (Å²) in [6.07, 6.45) is 4.04. The minimum atomic E-state index is 0.0135. The Bertz CT molecular complexity index is 739. The summed E-state index contributed by atoms with van der Waals surface area (Å²) >= 11 is 6.54. The first-order valence-corrected chi connectivity index (χ1v) is 8.82. The van der Waals surface area contributed by atoms with E-state index in [4.69, 9.17) is 16.3 Å². The quantitative estimate of drug-likeness (QED) is 0.539. The lowest BCUT2D eigenvalue weighted by atomic mass is 10.0. The second-order valence-electron chi connectivity index (χ2n) is 6.51. The number of hydrogen-bond donors (Lipinski definition) is 0. The third-order valence-electron chi connectivity index (χ3n) is 4.74. The molecule has 1 atom stereocenters. The first-order valence-electron chi connectivity index (χ1n) is 8.45. The predicted octanol–water partition coefficient (Wildman–Crippen LogP) is 3.72. The molecule has 0 saturated heterocycles. The highest BCUT2D eigenvalue weighted by Gasteiger charge is 2.32. The fourth-order valence-electron chi connectivity index (χ4n) is 3.27. The summed E-state index contributed by atoms with van der Waals surface area (Å²) in [5.74, 6) is 0. The molecule has 6 heteroatoms. The van der Waals surface area contributed by atoms with Crippen molar-refractivity contribution >= 4 is 28.9 Å². The molecule has 5 nitrogen and oxygen atoms in total. The van der Waals surface area contributed by atoms with Gasteiger partial charge in [0.1, 0.15) is 0 Å². The number of halogens is 1. The highest BCUT2D eigenvalue weighted by atomic mass is 35.5. The Balaban J connectivity index is 1.97. The van der Waals surface area contributed by atoms with Gasteiger partial charge in [0.25, 0.3) is 0 Å². The van der Waals surface area contributed by atoms with E-state index in [1.54, 1.807) is 7.11 Å². The van der Waals surface area contributed by atoms with Crippen molar-refractivity contribution in [1.82, 2.24) is 14.7 Å². The number of carbonyl (C=O) groups is 1. The van der Waals surface area contributed by atoms with Crippen LogP contribution >= 0.6 is 11.6 Å². The smallest absolute Gasteiger partial charge is 0.210 e. The molecule has 0 radical (unpaired) electrons. The van der Waals surface area contributed by atoms with E-state index in [0.29, 0.717) is 17.7 Å². The van der Waals surface area contributed by atoms with Gasteiger partial charge in [-0.25, -0.2) is 0 Å². The van der Waals surface area contributed by atoms with E-state index in [1.807, 2.05) is 22.6 Å². The van der Waals surface area contributed by atoms with Gasteiger partial charge in [-0.05, 0) is 50.8 Å². The molecule has 1 heterocycles. The fourth-order valence-corrected chi connectivity index (χ4v) is 3.63. The maximum atomic E-state index is 11.5. The molecule has 24 heavy (non-hydrogen) atoms. The maximum absolute atomic E-state index is 11.5. The molecule has 1 fully saturated rings. The van der Waals surface area contributed by atoms with E-state index in [-0.39, 0.29) is 6.04 Å². The number of nitrogens with zero attached hydrogens (tertiary/aromatic N) is 3. The van der Waals surface area contributed by atoms with Crippen LogP contribution < -0.4 is 0 Å². The minimum absolute atomic E-state index is 0.0135. The second kappa shape index (κ2) is 7.11. The zero-order valence-electron chi connectivity index (χ0n) is 14.5. The summed E-state index contributed by atoms with van der Waals surface area (Å²) in [4.78, 5) is 13.4. The molecule has 1 amide bonds. The molecule has 0 N–H and O–H groups in total. The molecule has 0 spiro atoms. The zero-order valence-corrected chi connectivity index (χ0v) is 15.2. The van der Waals surface area contributed by atoms with E-state index in [1.165, 1.54) is 0 Å². The predicted molar refractivity (Wildman–Crippen MR) is 95.3 cm³/mol. The molecule has 1 saturated carbocycles. The van der Waals surface area contributed by atoms with Gasteiger partial charge in [0.2, 0.25) is 6.41 Å². The summed E-state index contributed by atoms with van der Waals surface area (Å²) in [6.45, 7) is 5.52. The van der Waals surface area contributed by atoms with Crippen LogP contribution in [0.5, 0.6) is 0 Å². The summed E-state index contributed by atoms with van der Waals surface area (Å²) < 4.78 is 7.13. The molecule has 0 aliphatic heterocycles. The average molecular weight is 350 g/mol. The number of amides is 1. The van der Waals surface area contributed by atoms with E-state index in [0.717, 1.165) is 54.4 Å². The third-order valence-corrected chi connectivity index (χ3v) is 5.04. The van der Waals surface area contributed by atoms with Crippen molar-refractivity contribution in [1.29, 1.82) is 0 Å². The molecular weight excluding hydrogens is 326 g/mol. The minimum Gasteiger partial charge on any atom is -0.385 e. The third kappa shape index (κ3) is 3.28. The van der Waals surface area contributed by atoms with Gasteiger partial charge in [0.15, 0.2) is 0 Å². The number of hydrogen-bond acceptors (Lipinski definition) is 3. The Morgan fingerprint density at radius 3 is 2.88 bits per heavy atom. The van der Waals surface area contributed by atoms with Gasteiger partial charge in [0.05, 0.1) is 22.3 Å². The zero-order chi connectivity index (χ0) is 17.3. The number of fused-ring (bicyclic) bond motifs is 1. The van der Waals surface area contributed by atoms with Gasteiger partial charge in [-0.3, -0.25) is 9.48 Å². The maximum Gasteiger partial charge on any atom is 0.210 e. The number of ether oxygens (including phenoxy) is 1. The molecule has 1 aliphatic carbocycles. The second-order valence-corrected chi connectivity index (χ2v) is 6.92. The van der Waals surface area contributed by atoms with E-state index in [2.05, 4.69) is 18.1 Å². The summed E-state index contributed by atoms with van der Waals surface area (Å²) in [6, 6.07) is 4.49. The lowest BCUT2D eigenvalue weighted by molar-refractivity contribution is -0.120. The summed E-state index contributed by atoms with van der Waals surface area (Å²) in [7, 11) is 1.70. The van der Waals surface area contributed by atoms with Crippen molar-refractivity contribution in [3.8, 4) is 0 Å². The van der Waals surface area contributed by atoms with Crippen LogP contribution in [0.25, 0.3) is 10.9 Å². The van der Waals surface area contributed by atoms with Crippen molar-refractivity contribution in [2.75, 3.05) is 13.7 Å². The molecular formula is C18H24ClN3O2. The van der Waals surface area contributed by atoms with Crippen LogP contribution in [0.15, 0.2) is 12.1 Å². The number of carbonyl (C=O) groups excluding carboxylic acids is 1. The summed E-state index contributed by atoms with van der Waals surface area (Å²) in [5, 5.41) is 6.32. The van der Waals surface area contributed by atoms with Crippen molar-refractivity contribution in [2.45, 2.75) is 51.7 Å². The number of aryl methyl sites for hydroxylation is 2. The van der Waals surface area contributed by atoms with E-state index < -0.39 is 0 Å². The molecule has 2 aromatic rings.